The normalized spacial score (nSPS) is 34.5. The molecule has 3 aliphatic heterocycles. The van der Waals surface area contributed by atoms with E-state index in [-0.39, 0.29) is 35.0 Å². The number of hydrogen-bond donors (Lipinski definition) is 4. The molecular formula is C36H57N5O7S. The molecule has 5 amide bonds. The van der Waals surface area contributed by atoms with Crippen LogP contribution in [0.4, 0.5) is 4.79 Å². The third-order valence-corrected chi connectivity index (χ3v) is 15.0. The summed E-state index contributed by atoms with van der Waals surface area (Å²) in [5.41, 5.74) is -1.00. The molecule has 6 aliphatic rings. The first-order chi connectivity index (χ1) is 23.3. The second-order valence-corrected chi connectivity index (χ2v) is 18.8. The molecule has 6 atom stereocenters. The van der Waals surface area contributed by atoms with Gasteiger partial charge in [0, 0.05) is 12.6 Å². The Bertz CT molecular complexity index is 1410. The van der Waals surface area contributed by atoms with Crippen LogP contribution in [0.1, 0.15) is 129 Å². The first-order valence-electron chi connectivity index (χ1n) is 19.1. The summed E-state index contributed by atoms with van der Waals surface area (Å²) < 4.78 is 25.5. The first-order valence-corrected chi connectivity index (χ1v) is 20.8. The molecule has 4 N–H and O–H groups in total. The third kappa shape index (κ3) is 7.81. The molecule has 0 radical (unpaired) electrons. The van der Waals surface area contributed by atoms with Gasteiger partial charge < -0.3 is 26.2 Å². The molecule has 0 aromatic heterocycles. The number of sulfone groups is 1. The van der Waals surface area contributed by atoms with Gasteiger partial charge in [0.05, 0.1) is 22.6 Å². The SMILES string of the molecule is CC1(C)[C@@H]2[C@H]3C(=O)N[C@@H](C(=O)C(=O)NC4CC4)CCCCCCCCCC[C@@H](NC(=O)NC4([C@@H]5CCS5(=O)=O)CCCCC4)C(=O)N3C[C@@H]21. The lowest BCUT2D eigenvalue weighted by molar-refractivity contribution is -0.144. The fourth-order valence-electron chi connectivity index (χ4n) is 9.38. The van der Waals surface area contributed by atoms with Crippen LogP contribution in [0.3, 0.4) is 0 Å². The molecule has 12 nitrogen and oxygen atoms in total. The molecule has 0 spiro atoms. The van der Waals surface area contributed by atoms with Crippen molar-refractivity contribution in [2.75, 3.05) is 12.3 Å². The van der Waals surface area contributed by atoms with Crippen molar-refractivity contribution in [1.82, 2.24) is 26.2 Å². The summed E-state index contributed by atoms with van der Waals surface area (Å²) in [6.07, 6.45) is 14.2. The highest BCUT2D eigenvalue weighted by molar-refractivity contribution is 7.93. The van der Waals surface area contributed by atoms with Gasteiger partial charge in [0.15, 0.2) is 9.84 Å². The fourth-order valence-corrected chi connectivity index (χ4v) is 11.2. The van der Waals surface area contributed by atoms with E-state index < -0.39 is 62.4 Å². The average Bonchev–Trinajstić information content (AvgIpc) is 3.90. The molecule has 0 aromatic rings. The van der Waals surface area contributed by atoms with Crippen LogP contribution in [-0.2, 0) is 29.0 Å². The monoisotopic (exact) mass is 703 g/mol. The fraction of sp³-hybridized carbons (Fsp3) is 0.861. The number of ketones is 1. The Kier molecular flexibility index (Phi) is 10.7. The highest BCUT2D eigenvalue weighted by Gasteiger charge is 2.69. The molecular weight excluding hydrogens is 646 g/mol. The van der Waals surface area contributed by atoms with Gasteiger partial charge in [-0.3, -0.25) is 19.2 Å². The number of carbonyl (C=O) groups excluding carboxylic acids is 5. The molecule has 0 unspecified atom stereocenters. The van der Waals surface area contributed by atoms with Crippen molar-refractivity contribution in [1.29, 1.82) is 0 Å². The molecule has 3 aliphatic carbocycles. The van der Waals surface area contributed by atoms with E-state index >= 15 is 0 Å². The lowest BCUT2D eigenvalue weighted by Crippen LogP contribution is -2.66. The van der Waals surface area contributed by atoms with Gasteiger partial charge >= 0.3 is 6.03 Å². The van der Waals surface area contributed by atoms with E-state index in [0.717, 1.165) is 77.0 Å². The minimum absolute atomic E-state index is 0.0194. The van der Waals surface area contributed by atoms with E-state index in [1.165, 1.54) is 0 Å². The number of nitrogens with one attached hydrogen (secondary N) is 4. The van der Waals surface area contributed by atoms with Crippen molar-refractivity contribution in [3.8, 4) is 0 Å². The summed E-state index contributed by atoms with van der Waals surface area (Å²) in [6.45, 7) is 4.55. The van der Waals surface area contributed by atoms with Crippen LogP contribution < -0.4 is 21.3 Å². The third-order valence-electron chi connectivity index (χ3n) is 12.7. The van der Waals surface area contributed by atoms with E-state index in [1.807, 2.05) is 0 Å². The van der Waals surface area contributed by atoms with Crippen LogP contribution in [0.2, 0.25) is 0 Å². The molecule has 274 valence electrons. The number of carbonyl (C=O) groups is 5. The van der Waals surface area contributed by atoms with E-state index in [9.17, 15) is 32.4 Å². The zero-order valence-corrected chi connectivity index (χ0v) is 30.2. The molecule has 6 rings (SSSR count). The van der Waals surface area contributed by atoms with E-state index in [1.54, 1.807) is 4.90 Å². The minimum Gasteiger partial charge on any atom is -0.347 e. The van der Waals surface area contributed by atoms with E-state index in [2.05, 4.69) is 35.1 Å². The van der Waals surface area contributed by atoms with Crippen LogP contribution in [0.5, 0.6) is 0 Å². The van der Waals surface area contributed by atoms with Crippen LogP contribution in [0.25, 0.3) is 0 Å². The highest BCUT2D eigenvalue weighted by Crippen LogP contribution is 2.65. The second kappa shape index (κ2) is 14.5. The summed E-state index contributed by atoms with van der Waals surface area (Å²) in [7, 11) is -3.27. The Labute approximate surface area is 291 Å². The van der Waals surface area contributed by atoms with Crippen molar-refractivity contribution in [2.45, 2.75) is 164 Å². The smallest absolute Gasteiger partial charge is 0.315 e. The molecule has 3 saturated heterocycles. The highest BCUT2D eigenvalue weighted by atomic mass is 32.2. The summed E-state index contributed by atoms with van der Waals surface area (Å²) in [4.78, 5) is 70.1. The van der Waals surface area contributed by atoms with Crippen LogP contribution >= 0.6 is 0 Å². The van der Waals surface area contributed by atoms with Gasteiger partial charge in [-0.1, -0.05) is 84.5 Å². The molecule has 6 fully saturated rings. The van der Waals surface area contributed by atoms with Crippen LogP contribution in [-0.4, -0.2) is 90.1 Å². The number of fused-ring (bicyclic) bond motifs is 3. The zero-order chi connectivity index (χ0) is 35.0. The summed E-state index contributed by atoms with van der Waals surface area (Å²) in [5.74, 6) is -1.91. The Morgan fingerprint density at radius 3 is 2.00 bits per heavy atom. The molecule has 3 saturated carbocycles. The molecule has 0 aromatic carbocycles. The Morgan fingerprint density at radius 1 is 0.796 bits per heavy atom. The summed E-state index contributed by atoms with van der Waals surface area (Å²) in [6, 6.07) is -3.18. The van der Waals surface area contributed by atoms with E-state index in [4.69, 9.17) is 0 Å². The maximum atomic E-state index is 14.4. The number of hydrogen-bond acceptors (Lipinski definition) is 7. The van der Waals surface area contributed by atoms with Crippen LogP contribution in [0.15, 0.2) is 0 Å². The Hall–Kier alpha value is -2.70. The average molecular weight is 704 g/mol. The van der Waals surface area contributed by atoms with Crippen molar-refractivity contribution < 1.29 is 32.4 Å². The molecule has 49 heavy (non-hydrogen) atoms. The topological polar surface area (TPSA) is 171 Å². The minimum atomic E-state index is -3.27. The van der Waals surface area contributed by atoms with Crippen molar-refractivity contribution in [3.05, 3.63) is 0 Å². The van der Waals surface area contributed by atoms with Gasteiger partial charge in [-0.2, -0.15) is 0 Å². The van der Waals surface area contributed by atoms with Gasteiger partial charge in [0.25, 0.3) is 5.91 Å². The number of Topliss-reactive ketones (excluding diaryl/α,β-unsaturated/α-hetero) is 1. The number of amides is 5. The van der Waals surface area contributed by atoms with Gasteiger partial charge in [0.1, 0.15) is 12.1 Å². The lowest BCUT2D eigenvalue weighted by atomic mass is 9.78. The number of nitrogens with zero attached hydrogens (tertiary/aromatic N) is 1. The number of rotatable bonds is 6. The quantitative estimate of drug-likeness (QED) is 0.308. The lowest BCUT2D eigenvalue weighted by Gasteiger charge is -2.47. The number of piperidine rings is 1. The second-order valence-electron chi connectivity index (χ2n) is 16.5. The maximum absolute atomic E-state index is 14.4. The maximum Gasteiger partial charge on any atom is 0.315 e. The van der Waals surface area contributed by atoms with Crippen molar-refractivity contribution >= 4 is 39.4 Å². The first kappa shape index (κ1) is 36.1. The van der Waals surface area contributed by atoms with Crippen molar-refractivity contribution in [2.24, 2.45) is 17.3 Å². The predicted octanol–water partition coefficient (Wildman–Crippen LogP) is 3.27. The Morgan fingerprint density at radius 2 is 1.41 bits per heavy atom. The zero-order valence-electron chi connectivity index (χ0n) is 29.4. The van der Waals surface area contributed by atoms with Gasteiger partial charge in [-0.25, -0.2) is 13.2 Å². The number of urea groups is 1. The molecule has 0 bridgehead atoms. The summed E-state index contributed by atoms with van der Waals surface area (Å²) >= 11 is 0. The van der Waals surface area contributed by atoms with Gasteiger partial charge in [0.2, 0.25) is 17.6 Å². The molecule has 3 heterocycles. The van der Waals surface area contributed by atoms with Gasteiger partial charge in [-0.05, 0) is 62.2 Å². The largest absolute Gasteiger partial charge is 0.347 e. The van der Waals surface area contributed by atoms with Crippen molar-refractivity contribution in [3.63, 3.8) is 0 Å². The summed E-state index contributed by atoms with van der Waals surface area (Å²) in [5, 5.41) is 11.1. The van der Waals surface area contributed by atoms with E-state index in [0.29, 0.717) is 45.1 Å². The predicted molar refractivity (Wildman–Crippen MR) is 184 cm³/mol. The Balaban J connectivity index is 1.21. The standard InChI is InChI=1S/C36H57N5O7S/c1-35(2)24-22-41-29(28(24)35)31(43)38-25(30(42)32(44)37-23-16-17-23)14-10-7-5-3-4-6-8-11-15-26(33(41)45)39-34(46)40-36(19-12-9-13-20-36)27-18-21-49(27,47)48/h23-29H,3-22H2,1-2H3,(H,37,44)(H,38,43)(H2,39,40,46)/t24-,25+,26+,27-,28-,29-/m0/s1. The van der Waals surface area contributed by atoms with Gasteiger partial charge in [-0.15, -0.1) is 0 Å². The molecule has 13 heteroatoms. The van der Waals surface area contributed by atoms with Crippen LogP contribution in [0, 0.1) is 17.3 Å².